The van der Waals surface area contributed by atoms with Crippen LogP contribution < -0.4 is 5.32 Å². The van der Waals surface area contributed by atoms with E-state index in [2.05, 4.69) is 89.7 Å². The Kier molecular flexibility index (Phi) is 5.00. The molecule has 0 aromatic heterocycles. The van der Waals surface area contributed by atoms with Crippen molar-refractivity contribution in [3.63, 3.8) is 0 Å². The topological polar surface area (TPSA) is 12.0 Å². The molecule has 1 atom stereocenters. The van der Waals surface area contributed by atoms with Crippen molar-refractivity contribution in [1.29, 1.82) is 0 Å². The Bertz CT molecular complexity index is 531. The summed E-state index contributed by atoms with van der Waals surface area (Å²) in [5.74, 6) is 0. The molecule has 2 aromatic rings. The number of benzene rings is 2. The van der Waals surface area contributed by atoms with Gasteiger partial charge >= 0.3 is 0 Å². The minimum absolute atomic E-state index is 0.0864. The Hall–Kier alpha value is -1.12. The minimum Gasteiger partial charge on any atom is -0.316 e. The van der Waals surface area contributed by atoms with Gasteiger partial charge in [0.2, 0.25) is 0 Å². The highest BCUT2D eigenvalue weighted by atomic mass is 79.9. The Balaban J connectivity index is 2.21. The van der Waals surface area contributed by atoms with E-state index in [9.17, 15) is 0 Å². The van der Waals surface area contributed by atoms with Crippen LogP contribution in [-0.4, -0.2) is 13.1 Å². The summed E-state index contributed by atoms with van der Waals surface area (Å²) in [6, 6.07) is 19.7. The van der Waals surface area contributed by atoms with Gasteiger partial charge in [-0.25, -0.2) is 0 Å². The molecule has 2 aromatic carbocycles. The highest BCUT2D eigenvalue weighted by molar-refractivity contribution is 9.10. The Labute approximate surface area is 130 Å². The van der Waals surface area contributed by atoms with Gasteiger partial charge in [0.15, 0.2) is 0 Å². The Morgan fingerprint density at radius 3 is 2.15 bits per heavy atom. The fraction of sp³-hybridized carbons (Fsp3) is 0.333. The van der Waals surface area contributed by atoms with Gasteiger partial charge in [-0.3, -0.25) is 0 Å². The maximum atomic E-state index is 3.49. The van der Waals surface area contributed by atoms with Crippen molar-refractivity contribution in [1.82, 2.24) is 5.32 Å². The first-order valence-corrected chi connectivity index (χ1v) is 7.80. The molecule has 0 aliphatic heterocycles. The molecule has 0 aliphatic rings. The van der Waals surface area contributed by atoms with E-state index in [1.165, 1.54) is 11.1 Å². The van der Waals surface area contributed by atoms with Gasteiger partial charge in [-0.2, -0.15) is 0 Å². The van der Waals surface area contributed by atoms with Crippen molar-refractivity contribution in [3.8, 4) is 0 Å². The van der Waals surface area contributed by atoms with Gasteiger partial charge in [0.05, 0.1) is 0 Å². The van der Waals surface area contributed by atoms with Gasteiger partial charge < -0.3 is 5.32 Å². The molecule has 106 valence electrons. The Morgan fingerprint density at radius 1 is 1.00 bits per heavy atom. The van der Waals surface area contributed by atoms with E-state index in [4.69, 9.17) is 0 Å². The zero-order valence-corrected chi connectivity index (χ0v) is 13.9. The second-order valence-electron chi connectivity index (χ2n) is 5.76. The molecule has 0 heterocycles. The molecule has 0 saturated carbocycles. The summed E-state index contributed by atoms with van der Waals surface area (Å²) in [5, 5.41) is 3.49. The summed E-state index contributed by atoms with van der Waals surface area (Å²) in [7, 11) is 2.05. The zero-order chi connectivity index (χ0) is 14.6. The van der Waals surface area contributed by atoms with Gasteiger partial charge in [-0.1, -0.05) is 72.2 Å². The summed E-state index contributed by atoms with van der Waals surface area (Å²) in [5.41, 5.74) is 2.82. The monoisotopic (exact) mass is 331 g/mol. The fourth-order valence-electron chi connectivity index (χ4n) is 2.64. The number of nitrogens with one attached hydrogen (secondary N) is 1. The molecular weight excluding hydrogens is 310 g/mol. The lowest BCUT2D eigenvalue weighted by atomic mass is 9.75. The molecule has 1 nitrogen and oxygen atoms in total. The van der Waals surface area contributed by atoms with Crippen LogP contribution in [0, 0.1) is 0 Å². The van der Waals surface area contributed by atoms with Crippen LogP contribution in [0.2, 0.25) is 0 Å². The Morgan fingerprint density at radius 2 is 1.60 bits per heavy atom. The molecule has 20 heavy (non-hydrogen) atoms. The van der Waals surface area contributed by atoms with E-state index in [0.717, 1.165) is 10.9 Å². The molecule has 1 N–H and O–H groups in total. The van der Waals surface area contributed by atoms with Gasteiger partial charge in [-0.05, 0) is 36.7 Å². The van der Waals surface area contributed by atoms with Crippen LogP contribution in [0.25, 0.3) is 0 Å². The van der Waals surface area contributed by atoms with Crippen LogP contribution in [0.5, 0.6) is 0 Å². The van der Waals surface area contributed by atoms with Crippen molar-refractivity contribution >= 4 is 15.9 Å². The lowest BCUT2D eigenvalue weighted by Crippen LogP contribution is -2.44. The maximum Gasteiger partial charge on any atom is 0.0196 e. The molecule has 0 spiro atoms. The summed E-state index contributed by atoms with van der Waals surface area (Å²) in [4.78, 5) is 0. The molecular formula is C18H22BrN. The molecule has 1 unspecified atom stereocenters. The summed E-state index contributed by atoms with van der Waals surface area (Å²) in [6.07, 6.45) is 1.02. The second kappa shape index (κ2) is 6.55. The first kappa shape index (κ1) is 15.3. The van der Waals surface area contributed by atoms with Crippen LogP contribution in [-0.2, 0) is 11.8 Å². The maximum absolute atomic E-state index is 3.49. The van der Waals surface area contributed by atoms with Gasteiger partial charge in [0, 0.05) is 15.9 Å². The molecule has 2 heteroatoms. The SMILES string of the molecule is CNC(Cc1ccc(Br)cc1)C(C)(C)c1ccccc1. The van der Waals surface area contributed by atoms with E-state index in [1.54, 1.807) is 0 Å². The zero-order valence-electron chi connectivity index (χ0n) is 12.4. The standard InChI is InChI=1S/C18H22BrN/c1-18(2,15-7-5-4-6-8-15)17(20-3)13-14-9-11-16(19)12-10-14/h4-12,17,20H,13H2,1-3H3. The predicted octanol–water partition coefficient (Wildman–Crippen LogP) is 4.56. The number of hydrogen-bond acceptors (Lipinski definition) is 1. The lowest BCUT2D eigenvalue weighted by molar-refractivity contribution is 0.356. The van der Waals surface area contributed by atoms with E-state index in [0.29, 0.717) is 6.04 Å². The van der Waals surface area contributed by atoms with Crippen molar-refractivity contribution in [2.24, 2.45) is 0 Å². The number of likely N-dealkylation sites (N-methyl/N-ethyl adjacent to an activating group) is 1. The molecule has 2 rings (SSSR count). The minimum atomic E-state index is 0.0864. The normalized spacial score (nSPS) is 13.2. The van der Waals surface area contributed by atoms with Crippen LogP contribution in [0.15, 0.2) is 59.1 Å². The first-order valence-electron chi connectivity index (χ1n) is 7.01. The van der Waals surface area contributed by atoms with Crippen molar-refractivity contribution in [3.05, 3.63) is 70.2 Å². The van der Waals surface area contributed by atoms with Crippen LogP contribution in [0.3, 0.4) is 0 Å². The summed E-state index contributed by atoms with van der Waals surface area (Å²) < 4.78 is 1.13. The van der Waals surface area contributed by atoms with Gasteiger partial charge in [0.25, 0.3) is 0 Å². The average Bonchev–Trinajstić information content (AvgIpc) is 2.47. The molecule has 0 radical (unpaired) electrons. The lowest BCUT2D eigenvalue weighted by Gasteiger charge is -2.35. The number of rotatable bonds is 5. The molecule has 0 aliphatic carbocycles. The predicted molar refractivity (Wildman–Crippen MR) is 90.2 cm³/mol. The largest absolute Gasteiger partial charge is 0.316 e. The van der Waals surface area contributed by atoms with Crippen molar-refractivity contribution < 1.29 is 0 Å². The third-order valence-corrected chi connectivity index (χ3v) is 4.62. The highest BCUT2D eigenvalue weighted by Crippen LogP contribution is 2.29. The molecule has 0 bridgehead atoms. The van der Waals surface area contributed by atoms with E-state index in [-0.39, 0.29) is 5.41 Å². The average molecular weight is 332 g/mol. The quantitative estimate of drug-likeness (QED) is 0.846. The van der Waals surface area contributed by atoms with Crippen LogP contribution >= 0.6 is 15.9 Å². The van der Waals surface area contributed by atoms with E-state index < -0.39 is 0 Å². The third-order valence-electron chi connectivity index (χ3n) is 4.09. The van der Waals surface area contributed by atoms with E-state index >= 15 is 0 Å². The highest BCUT2D eigenvalue weighted by Gasteiger charge is 2.30. The van der Waals surface area contributed by atoms with Crippen molar-refractivity contribution in [2.45, 2.75) is 31.7 Å². The first-order chi connectivity index (χ1) is 9.54. The number of halogens is 1. The number of hydrogen-bond donors (Lipinski definition) is 1. The molecule has 0 amide bonds. The van der Waals surface area contributed by atoms with Crippen molar-refractivity contribution in [2.75, 3.05) is 7.05 Å². The van der Waals surface area contributed by atoms with E-state index in [1.807, 2.05) is 7.05 Å². The van der Waals surface area contributed by atoms with Crippen LogP contribution in [0.1, 0.15) is 25.0 Å². The van der Waals surface area contributed by atoms with Gasteiger partial charge in [0.1, 0.15) is 0 Å². The summed E-state index contributed by atoms with van der Waals surface area (Å²) in [6.45, 7) is 4.62. The third kappa shape index (κ3) is 3.50. The molecule has 0 saturated heterocycles. The van der Waals surface area contributed by atoms with Gasteiger partial charge in [-0.15, -0.1) is 0 Å². The van der Waals surface area contributed by atoms with Crippen LogP contribution in [0.4, 0.5) is 0 Å². The fourth-order valence-corrected chi connectivity index (χ4v) is 2.91. The second-order valence-corrected chi connectivity index (χ2v) is 6.68. The molecule has 0 fully saturated rings. The summed E-state index contributed by atoms with van der Waals surface area (Å²) >= 11 is 3.49. The smallest absolute Gasteiger partial charge is 0.0196 e.